The SMILES string of the molecule is O.O.[CH2]CCl.[Cl-].[Cr]. The summed E-state index contributed by atoms with van der Waals surface area (Å²) in [6.45, 7) is 3.25. The second-order valence-corrected chi connectivity index (χ2v) is 0.567. The van der Waals surface area contributed by atoms with E-state index < -0.39 is 0 Å². The van der Waals surface area contributed by atoms with Gasteiger partial charge in [0.05, 0.1) is 0 Å². The van der Waals surface area contributed by atoms with E-state index in [0.717, 1.165) is 0 Å². The van der Waals surface area contributed by atoms with E-state index in [0.29, 0.717) is 5.88 Å². The molecule has 0 aliphatic rings. The zero-order valence-corrected chi connectivity index (χ0v) is 6.37. The van der Waals surface area contributed by atoms with Gasteiger partial charge in [0.25, 0.3) is 0 Å². The summed E-state index contributed by atoms with van der Waals surface area (Å²) in [4.78, 5) is 0. The second kappa shape index (κ2) is 62.0. The van der Waals surface area contributed by atoms with Crippen LogP contribution in [0.1, 0.15) is 0 Å². The zero-order valence-electron chi connectivity index (χ0n) is 3.58. The number of rotatable bonds is 0. The molecule has 0 heterocycles. The van der Waals surface area contributed by atoms with Crippen LogP contribution in [-0.2, 0) is 17.4 Å². The molecule has 0 aromatic carbocycles. The Morgan fingerprint density at radius 2 is 1.29 bits per heavy atom. The Kier molecular flexibility index (Phi) is 382. The minimum Gasteiger partial charge on any atom is -1.00 e. The Hall–Kier alpha value is 1.03. The molecule has 7 heavy (non-hydrogen) atoms. The molecule has 0 rings (SSSR count). The van der Waals surface area contributed by atoms with Gasteiger partial charge in [-0.05, 0) is 6.92 Å². The molecule has 0 aliphatic carbocycles. The molecule has 0 amide bonds. The van der Waals surface area contributed by atoms with Crippen molar-refractivity contribution >= 4 is 11.6 Å². The summed E-state index contributed by atoms with van der Waals surface area (Å²) in [6.07, 6.45) is 0. The van der Waals surface area contributed by atoms with E-state index in [9.17, 15) is 0 Å². The Bertz CT molecular complexity index is 13.7. The van der Waals surface area contributed by atoms with E-state index in [1.54, 1.807) is 0 Å². The fraction of sp³-hybridized carbons (Fsp3) is 0.500. The maximum absolute atomic E-state index is 4.89. The molecule has 2 nitrogen and oxygen atoms in total. The van der Waals surface area contributed by atoms with Crippen molar-refractivity contribution in [3.63, 3.8) is 0 Å². The zero-order chi connectivity index (χ0) is 2.71. The van der Waals surface area contributed by atoms with Gasteiger partial charge in [0.15, 0.2) is 0 Å². The summed E-state index contributed by atoms with van der Waals surface area (Å²) in [7, 11) is 0. The van der Waals surface area contributed by atoms with E-state index in [1.807, 2.05) is 0 Å². The predicted molar refractivity (Wildman–Crippen MR) is 23.3 cm³/mol. The summed E-state index contributed by atoms with van der Waals surface area (Å²) in [5.74, 6) is 0.472. The minimum atomic E-state index is 0. The van der Waals surface area contributed by atoms with Crippen LogP contribution in [0.15, 0.2) is 0 Å². The molecule has 1 radical (unpaired) electrons. The van der Waals surface area contributed by atoms with Crippen molar-refractivity contribution < 1.29 is 40.7 Å². The molecule has 0 spiro atoms. The molecule has 0 fully saturated rings. The van der Waals surface area contributed by atoms with Crippen molar-refractivity contribution in [2.24, 2.45) is 0 Å². The fourth-order valence-corrected chi connectivity index (χ4v) is 0. The largest absolute Gasteiger partial charge is 1.00 e. The van der Waals surface area contributed by atoms with Gasteiger partial charge in [0.2, 0.25) is 0 Å². The standard InChI is InChI=1S/C2H4Cl.ClH.Cr.2H2O/c1-2-3;;;;/h1-2H2;1H;;2*1H2/p-1. The average molecular weight is 187 g/mol. The van der Waals surface area contributed by atoms with Gasteiger partial charge in [-0.25, -0.2) is 0 Å². The molecule has 0 aliphatic heterocycles. The number of hydrogen-bond acceptors (Lipinski definition) is 0. The van der Waals surface area contributed by atoms with Crippen LogP contribution in [0.25, 0.3) is 0 Å². The molecule has 4 N–H and O–H groups in total. The monoisotopic (exact) mass is 186 g/mol. The smallest absolute Gasteiger partial charge is 0.0223 e. The first-order valence-electron chi connectivity index (χ1n) is 0.767. The average Bonchev–Trinajstić information content (AvgIpc) is 0.918. The molecule has 49 valence electrons. The van der Waals surface area contributed by atoms with Crippen LogP contribution in [0, 0.1) is 6.92 Å². The van der Waals surface area contributed by atoms with Gasteiger partial charge in [0, 0.05) is 23.2 Å². The van der Waals surface area contributed by atoms with Crippen LogP contribution in [0.3, 0.4) is 0 Å². The van der Waals surface area contributed by atoms with E-state index in [1.165, 1.54) is 0 Å². The quantitative estimate of drug-likeness (QED) is 0.352. The van der Waals surface area contributed by atoms with Crippen molar-refractivity contribution in [1.29, 1.82) is 0 Å². The number of alkyl halides is 1. The molecule has 0 unspecified atom stereocenters. The topological polar surface area (TPSA) is 63.0 Å². The Morgan fingerprint density at radius 1 is 1.29 bits per heavy atom. The molecule has 0 aromatic heterocycles. The number of hydrogen-bond donors (Lipinski definition) is 0. The molecule has 0 saturated carbocycles. The third-order valence-electron chi connectivity index (χ3n) is 0. The summed E-state index contributed by atoms with van der Waals surface area (Å²) in [5, 5.41) is 0. The van der Waals surface area contributed by atoms with Gasteiger partial charge in [-0.15, -0.1) is 11.6 Å². The van der Waals surface area contributed by atoms with Gasteiger partial charge in [-0.2, -0.15) is 0 Å². The van der Waals surface area contributed by atoms with Crippen LogP contribution in [0.4, 0.5) is 0 Å². The molecular formula is C2H8Cl2CrO2-. The van der Waals surface area contributed by atoms with Crippen LogP contribution < -0.4 is 12.4 Å². The third-order valence-corrected chi connectivity index (χ3v) is 0. The summed E-state index contributed by atoms with van der Waals surface area (Å²) >= 11 is 4.89. The van der Waals surface area contributed by atoms with Crippen molar-refractivity contribution in [3.05, 3.63) is 6.92 Å². The van der Waals surface area contributed by atoms with Crippen LogP contribution in [-0.4, -0.2) is 16.8 Å². The summed E-state index contributed by atoms with van der Waals surface area (Å²) < 4.78 is 0. The second-order valence-electron chi connectivity index (χ2n) is 0.189. The van der Waals surface area contributed by atoms with Crippen molar-refractivity contribution in [1.82, 2.24) is 0 Å². The first-order chi connectivity index (χ1) is 1.41. The Balaban J connectivity index is -0.00000000333. The molecule has 0 atom stereocenters. The molecular weight excluding hydrogens is 179 g/mol. The first-order valence-corrected chi connectivity index (χ1v) is 1.30. The number of halogens is 2. The predicted octanol–water partition coefficient (Wildman–Crippen LogP) is -3.59. The Labute approximate surface area is 65.4 Å². The molecule has 0 bridgehead atoms. The van der Waals surface area contributed by atoms with E-state index >= 15 is 0 Å². The fourth-order valence-electron chi connectivity index (χ4n) is 0. The van der Waals surface area contributed by atoms with Crippen molar-refractivity contribution in [3.8, 4) is 0 Å². The van der Waals surface area contributed by atoms with E-state index in [2.05, 4.69) is 6.92 Å². The molecule has 0 aromatic rings. The summed E-state index contributed by atoms with van der Waals surface area (Å²) in [6, 6.07) is 0. The Morgan fingerprint density at radius 3 is 1.29 bits per heavy atom. The van der Waals surface area contributed by atoms with Crippen LogP contribution >= 0.6 is 11.6 Å². The van der Waals surface area contributed by atoms with Crippen molar-refractivity contribution in [2.45, 2.75) is 0 Å². The normalized spacial score (nSPS) is 2.57. The molecule has 5 heteroatoms. The van der Waals surface area contributed by atoms with Crippen molar-refractivity contribution in [2.75, 3.05) is 5.88 Å². The van der Waals surface area contributed by atoms with Gasteiger partial charge < -0.3 is 23.4 Å². The van der Waals surface area contributed by atoms with Crippen LogP contribution in [0.2, 0.25) is 0 Å². The van der Waals surface area contributed by atoms with Gasteiger partial charge >= 0.3 is 0 Å². The van der Waals surface area contributed by atoms with Gasteiger partial charge in [-0.1, -0.05) is 0 Å². The maximum Gasteiger partial charge on any atom is 0.0223 e. The van der Waals surface area contributed by atoms with E-state index in [4.69, 9.17) is 11.6 Å². The van der Waals surface area contributed by atoms with Gasteiger partial charge in [-0.3, -0.25) is 0 Å². The third kappa shape index (κ3) is 167. The minimum absolute atomic E-state index is 0. The van der Waals surface area contributed by atoms with Crippen LogP contribution in [0.5, 0.6) is 0 Å². The summed E-state index contributed by atoms with van der Waals surface area (Å²) in [5.41, 5.74) is 0. The maximum atomic E-state index is 4.89. The molecule has 0 saturated heterocycles. The first kappa shape index (κ1) is 43.2. The van der Waals surface area contributed by atoms with E-state index in [-0.39, 0.29) is 40.7 Å². The van der Waals surface area contributed by atoms with Gasteiger partial charge in [0.1, 0.15) is 0 Å².